The Bertz CT molecular complexity index is 568. The van der Waals surface area contributed by atoms with E-state index in [-0.39, 0.29) is 5.91 Å². The van der Waals surface area contributed by atoms with Crippen molar-refractivity contribution >= 4 is 11.6 Å². The van der Waals surface area contributed by atoms with Crippen molar-refractivity contribution in [1.29, 1.82) is 0 Å². The molecule has 0 aliphatic heterocycles. The number of rotatable bonds is 4. The second-order valence-electron chi connectivity index (χ2n) is 4.24. The molecule has 0 spiro atoms. The van der Waals surface area contributed by atoms with Crippen LogP contribution in [0.5, 0.6) is 0 Å². The van der Waals surface area contributed by atoms with Gasteiger partial charge in [0.15, 0.2) is 0 Å². The molecule has 0 unspecified atom stereocenters. The molecule has 1 aromatic carbocycles. The molecule has 0 aliphatic carbocycles. The molecule has 19 heavy (non-hydrogen) atoms. The van der Waals surface area contributed by atoms with Gasteiger partial charge in [-0.2, -0.15) is 0 Å². The quantitative estimate of drug-likeness (QED) is 0.789. The summed E-state index contributed by atoms with van der Waals surface area (Å²) in [5.74, 6) is 0.412. The summed E-state index contributed by atoms with van der Waals surface area (Å²) in [6.07, 6.45) is 1.70. The highest BCUT2D eigenvalue weighted by atomic mass is 16.5. The summed E-state index contributed by atoms with van der Waals surface area (Å²) < 4.78 is 5.06. The molecule has 0 bridgehead atoms. The van der Waals surface area contributed by atoms with E-state index in [1.54, 1.807) is 24.8 Å². The van der Waals surface area contributed by atoms with Crippen molar-refractivity contribution in [2.75, 3.05) is 11.4 Å². The Hall–Kier alpha value is -2.36. The molecule has 0 N–H and O–H groups in total. The highest BCUT2D eigenvalue weighted by Gasteiger charge is 2.23. The maximum atomic E-state index is 12.6. The number of aryl methyl sites for hydroxylation is 2. The van der Waals surface area contributed by atoms with E-state index in [2.05, 4.69) is 11.7 Å². The lowest BCUT2D eigenvalue weighted by Crippen LogP contribution is -2.31. The van der Waals surface area contributed by atoms with Gasteiger partial charge in [0, 0.05) is 12.2 Å². The molecular formula is C15H16N2O2. The van der Waals surface area contributed by atoms with E-state index in [0.717, 1.165) is 5.69 Å². The molecular weight excluding hydrogens is 240 g/mol. The number of aromatic nitrogens is 1. The fourth-order valence-corrected chi connectivity index (χ4v) is 1.97. The normalized spacial score (nSPS) is 10.2. The van der Waals surface area contributed by atoms with Crippen LogP contribution in [0.25, 0.3) is 0 Å². The summed E-state index contributed by atoms with van der Waals surface area (Å²) in [6.45, 7) is 7.64. The van der Waals surface area contributed by atoms with Crippen LogP contribution in [-0.2, 0) is 0 Å². The van der Waals surface area contributed by atoms with Crippen LogP contribution in [0.3, 0.4) is 0 Å². The van der Waals surface area contributed by atoms with Gasteiger partial charge in [0.1, 0.15) is 11.3 Å². The predicted molar refractivity (Wildman–Crippen MR) is 74.3 cm³/mol. The maximum absolute atomic E-state index is 12.6. The zero-order chi connectivity index (χ0) is 13.8. The minimum absolute atomic E-state index is 0.123. The van der Waals surface area contributed by atoms with Crippen LogP contribution in [0.2, 0.25) is 0 Å². The summed E-state index contributed by atoms with van der Waals surface area (Å²) in [5.41, 5.74) is 1.95. The zero-order valence-corrected chi connectivity index (χ0v) is 11.1. The molecule has 4 nitrogen and oxygen atoms in total. The number of benzene rings is 1. The largest absolute Gasteiger partial charge is 0.361 e. The first-order valence-corrected chi connectivity index (χ1v) is 6.06. The number of carbonyl (C=O) groups is 1. The second kappa shape index (κ2) is 5.52. The molecule has 98 valence electrons. The van der Waals surface area contributed by atoms with Crippen molar-refractivity contribution < 1.29 is 9.32 Å². The van der Waals surface area contributed by atoms with Crippen molar-refractivity contribution in [3.05, 3.63) is 60.0 Å². The van der Waals surface area contributed by atoms with Gasteiger partial charge in [-0.15, -0.1) is 6.58 Å². The second-order valence-corrected chi connectivity index (χ2v) is 4.24. The summed E-state index contributed by atoms with van der Waals surface area (Å²) in [6, 6.07) is 9.48. The molecule has 0 saturated heterocycles. The van der Waals surface area contributed by atoms with Gasteiger partial charge in [-0.25, -0.2) is 0 Å². The Balaban J connectivity index is 2.40. The molecule has 1 aromatic heterocycles. The maximum Gasteiger partial charge on any atom is 0.264 e. The Labute approximate surface area is 112 Å². The van der Waals surface area contributed by atoms with Crippen molar-refractivity contribution in [2.24, 2.45) is 0 Å². The average Bonchev–Trinajstić information content (AvgIpc) is 2.76. The van der Waals surface area contributed by atoms with E-state index in [4.69, 9.17) is 4.52 Å². The number of amides is 1. The van der Waals surface area contributed by atoms with E-state index in [9.17, 15) is 4.79 Å². The van der Waals surface area contributed by atoms with Gasteiger partial charge in [0.25, 0.3) is 5.91 Å². The molecule has 0 aliphatic rings. The predicted octanol–water partition coefficient (Wildman–Crippen LogP) is 3.12. The minimum Gasteiger partial charge on any atom is -0.361 e. The number of para-hydroxylation sites is 1. The highest BCUT2D eigenvalue weighted by Crippen LogP contribution is 2.20. The summed E-state index contributed by atoms with van der Waals surface area (Å²) in [4.78, 5) is 14.3. The van der Waals surface area contributed by atoms with Gasteiger partial charge in [-0.05, 0) is 26.0 Å². The van der Waals surface area contributed by atoms with Gasteiger partial charge in [-0.3, -0.25) is 4.79 Å². The smallest absolute Gasteiger partial charge is 0.264 e. The summed E-state index contributed by atoms with van der Waals surface area (Å²) in [5, 5.41) is 3.83. The molecule has 2 aromatic rings. The third-order valence-electron chi connectivity index (χ3n) is 2.87. The highest BCUT2D eigenvalue weighted by molar-refractivity contribution is 6.07. The Kier molecular flexibility index (Phi) is 3.80. The number of hydrogen-bond donors (Lipinski definition) is 0. The number of anilines is 1. The lowest BCUT2D eigenvalue weighted by molar-refractivity contribution is 0.0988. The number of hydrogen-bond acceptors (Lipinski definition) is 3. The molecule has 1 heterocycles. The monoisotopic (exact) mass is 256 g/mol. The molecule has 0 saturated carbocycles. The van der Waals surface area contributed by atoms with Crippen molar-refractivity contribution in [1.82, 2.24) is 5.16 Å². The van der Waals surface area contributed by atoms with Crippen LogP contribution < -0.4 is 4.90 Å². The first kappa shape index (κ1) is 13.1. The van der Waals surface area contributed by atoms with Gasteiger partial charge >= 0.3 is 0 Å². The van der Waals surface area contributed by atoms with Crippen LogP contribution in [0, 0.1) is 13.8 Å². The molecule has 4 heteroatoms. The Morgan fingerprint density at radius 1 is 1.37 bits per heavy atom. The molecule has 0 atom stereocenters. The standard InChI is InChI=1S/C15H16N2O2/c1-4-10-17(13-8-6-5-7-9-13)15(18)14-11(2)16-19-12(14)3/h4-9H,1,10H2,2-3H3. The van der Waals surface area contributed by atoms with Crippen molar-refractivity contribution in [3.8, 4) is 0 Å². The van der Waals surface area contributed by atoms with Crippen LogP contribution in [0.15, 0.2) is 47.5 Å². The van der Waals surface area contributed by atoms with E-state index in [1.165, 1.54) is 0 Å². The van der Waals surface area contributed by atoms with Gasteiger partial charge in [0.2, 0.25) is 0 Å². The van der Waals surface area contributed by atoms with E-state index < -0.39 is 0 Å². The Morgan fingerprint density at radius 2 is 2.05 bits per heavy atom. The van der Waals surface area contributed by atoms with Crippen LogP contribution in [-0.4, -0.2) is 17.6 Å². The van der Waals surface area contributed by atoms with Gasteiger partial charge < -0.3 is 9.42 Å². The topological polar surface area (TPSA) is 46.3 Å². The van der Waals surface area contributed by atoms with Crippen molar-refractivity contribution in [3.63, 3.8) is 0 Å². The molecule has 1 amide bonds. The summed E-state index contributed by atoms with van der Waals surface area (Å²) >= 11 is 0. The van der Waals surface area contributed by atoms with E-state index in [0.29, 0.717) is 23.6 Å². The lowest BCUT2D eigenvalue weighted by Gasteiger charge is -2.21. The third-order valence-corrected chi connectivity index (χ3v) is 2.87. The van der Waals surface area contributed by atoms with E-state index in [1.807, 2.05) is 30.3 Å². The third kappa shape index (κ3) is 2.57. The summed E-state index contributed by atoms with van der Waals surface area (Å²) in [7, 11) is 0. The first-order chi connectivity index (χ1) is 9.15. The lowest BCUT2D eigenvalue weighted by atomic mass is 10.1. The van der Waals surface area contributed by atoms with E-state index >= 15 is 0 Å². The van der Waals surface area contributed by atoms with Gasteiger partial charge in [-0.1, -0.05) is 29.4 Å². The fourth-order valence-electron chi connectivity index (χ4n) is 1.97. The fraction of sp³-hybridized carbons (Fsp3) is 0.200. The number of nitrogens with zero attached hydrogens (tertiary/aromatic N) is 2. The average molecular weight is 256 g/mol. The number of carbonyl (C=O) groups excluding carboxylic acids is 1. The molecule has 0 fully saturated rings. The first-order valence-electron chi connectivity index (χ1n) is 6.06. The Morgan fingerprint density at radius 3 is 2.58 bits per heavy atom. The van der Waals surface area contributed by atoms with Crippen LogP contribution in [0.4, 0.5) is 5.69 Å². The SMILES string of the molecule is C=CCN(C(=O)c1c(C)noc1C)c1ccccc1. The molecule has 2 rings (SSSR count). The van der Waals surface area contributed by atoms with Crippen molar-refractivity contribution in [2.45, 2.75) is 13.8 Å². The molecule has 0 radical (unpaired) electrons. The van der Waals surface area contributed by atoms with Crippen LogP contribution in [0.1, 0.15) is 21.8 Å². The van der Waals surface area contributed by atoms with Crippen LogP contribution >= 0.6 is 0 Å². The minimum atomic E-state index is -0.123. The van der Waals surface area contributed by atoms with Gasteiger partial charge in [0.05, 0.1) is 5.69 Å². The zero-order valence-electron chi connectivity index (χ0n) is 11.1.